The standard InChI is InChI=1S/C18H20ClN3O2/c19-15-2-1-3-16(10-15)21-11-18(23)22-9-6-17(12-22)24-13-14-4-7-20-8-5-14/h1-5,7-8,10,17,21H,6,9,11-13H2. The molecule has 5 nitrogen and oxygen atoms in total. The largest absolute Gasteiger partial charge is 0.376 e. The fraction of sp³-hybridized carbons (Fsp3) is 0.333. The number of nitrogens with one attached hydrogen (secondary N) is 1. The number of amides is 1. The molecule has 1 aromatic heterocycles. The highest BCUT2D eigenvalue weighted by Gasteiger charge is 2.26. The van der Waals surface area contributed by atoms with Crippen LogP contribution in [0.25, 0.3) is 0 Å². The molecule has 0 spiro atoms. The van der Waals surface area contributed by atoms with Gasteiger partial charge in [0.1, 0.15) is 0 Å². The molecule has 1 aliphatic heterocycles. The van der Waals surface area contributed by atoms with Crippen molar-refractivity contribution in [2.24, 2.45) is 0 Å². The molecule has 2 heterocycles. The number of halogens is 1. The van der Waals surface area contributed by atoms with Crippen molar-refractivity contribution in [3.05, 3.63) is 59.4 Å². The summed E-state index contributed by atoms with van der Waals surface area (Å²) in [6, 6.07) is 11.2. The van der Waals surface area contributed by atoms with E-state index in [-0.39, 0.29) is 18.6 Å². The van der Waals surface area contributed by atoms with Gasteiger partial charge in [-0.25, -0.2) is 0 Å². The van der Waals surface area contributed by atoms with E-state index in [1.54, 1.807) is 24.5 Å². The maximum atomic E-state index is 12.3. The number of benzene rings is 1. The van der Waals surface area contributed by atoms with Gasteiger partial charge in [0.05, 0.1) is 19.3 Å². The van der Waals surface area contributed by atoms with Gasteiger partial charge in [-0.3, -0.25) is 9.78 Å². The Morgan fingerprint density at radius 2 is 2.17 bits per heavy atom. The molecule has 1 unspecified atom stereocenters. The van der Waals surface area contributed by atoms with E-state index < -0.39 is 0 Å². The van der Waals surface area contributed by atoms with Crippen LogP contribution in [0.4, 0.5) is 5.69 Å². The smallest absolute Gasteiger partial charge is 0.241 e. The summed E-state index contributed by atoms with van der Waals surface area (Å²) < 4.78 is 5.89. The lowest BCUT2D eigenvalue weighted by molar-refractivity contribution is -0.128. The number of rotatable bonds is 6. The Hall–Kier alpha value is -2.11. The number of pyridine rings is 1. The molecule has 1 aromatic carbocycles. The monoisotopic (exact) mass is 345 g/mol. The lowest BCUT2D eigenvalue weighted by Crippen LogP contribution is -2.34. The zero-order valence-electron chi connectivity index (χ0n) is 13.3. The van der Waals surface area contributed by atoms with Crippen molar-refractivity contribution < 1.29 is 9.53 Å². The van der Waals surface area contributed by atoms with Crippen LogP contribution in [0.5, 0.6) is 0 Å². The third-order valence-electron chi connectivity index (χ3n) is 4.00. The van der Waals surface area contributed by atoms with Crippen LogP contribution in [0.15, 0.2) is 48.8 Å². The van der Waals surface area contributed by atoms with Gasteiger partial charge in [0.25, 0.3) is 0 Å². The van der Waals surface area contributed by atoms with Gasteiger partial charge in [0, 0.05) is 36.2 Å². The van der Waals surface area contributed by atoms with Crippen LogP contribution < -0.4 is 5.32 Å². The first-order valence-electron chi connectivity index (χ1n) is 7.98. The Morgan fingerprint density at radius 1 is 1.33 bits per heavy atom. The molecule has 0 bridgehead atoms. The molecule has 0 radical (unpaired) electrons. The molecule has 1 atom stereocenters. The van der Waals surface area contributed by atoms with E-state index in [0.717, 1.165) is 24.2 Å². The lowest BCUT2D eigenvalue weighted by atomic mass is 10.3. The van der Waals surface area contributed by atoms with Crippen molar-refractivity contribution >= 4 is 23.2 Å². The summed E-state index contributed by atoms with van der Waals surface area (Å²) in [7, 11) is 0. The Bertz CT molecular complexity index is 681. The number of hydrogen-bond donors (Lipinski definition) is 1. The lowest BCUT2D eigenvalue weighted by Gasteiger charge is -2.17. The fourth-order valence-electron chi connectivity index (χ4n) is 2.67. The summed E-state index contributed by atoms with van der Waals surface area (Å²) in [5.41, 5.74) is 1.94. The van der Waals surface area contributed by atoms with Gasteiger partial charge in [0.15, 0.2) is 0 Å². The van der Waals surface area contributed by atoms with E-state index in [0.29, 0.717) is 18.2 Å². The number of carbonyl (C=O) groups excluding carboxylic acids is 1. The first kappa shape index (κ1) is 16.7. The van der Waals surface area contributed by atoms with E-state index in [4.69, 9.17) is 16.3 Å². The molecule has 1 amide bonds. The molecule has 1 saturated heterocycles. The highest BCUT2D eigenvalue weighted by atomic mass is 35.5. The molecule has 1 fully saturated rings. The second kappa shape index (κ2) is 8.13. The zero-order chi connectivity index (χ0) is 16.8. The molecule has 1 N–H and O–H groups in total. The minimum atomic E-state index is 0.0741. The minimum Gasteiger partial charge on any atom is -0.376 e. The number of carbonyl (C=O) groups is 1. The van der Waals surface area contributed by atoms with Crippen LogP contribution >= 0.6 is 11.6 Å². The fourth-order valence-corrected chi connectivity index (χ4v) is 2.86. The topological polar surface area (TPSA) is 54.5 Å². The normalized spacial score (nSPS) is 17.0. The summed E-state index contributed by atoms with van der Waals surface area (Å²) in [6.45, 7) is 2.19. The van der Waals surface area contributed by atoms with Crippen LogP contribution in [0, 0.1) is 0 Å². The molecule has 0 aliphatic carbocycles. The number of nitrogens with zero attached hydrogens (tertiary/aromatic N) is 2. The van der Waals surface area contributed by atoms with Crippen LogP contribution in [0.1, 0.15) is 12.0 Å². The van der Waals surface area contributed by atoms with Crippen molar-refractivity contribution in [1.82, 2.24) is 9.88 Å². The SMILES string of the molecule is O=C(CNc1cccc(Cl)c1)N1CCC(OCc2ccncc2)C1. The van der Waals surface area contributed by atoms with Crippen molar-refractivity contribution in [1.29, 1.82) is 0 Å². The number of likely N-dealkylation sites (tertiary alicyclic amines) is 1. The van der Waals surface area contributed by atoms with Crippen LogP contribution in [-0.2, 0) is 16.1 Å². The predicted molar refractivity (Wildman–Crippen MR) is 94.0 cm³/mol. The maximum Gasteiger partial charge on any atom is 0.241 e. The predicted octanol–water partition coefficient (Wildman–Crippen LogP) is 2.96. The van der Waals surface area contributed by atoms with Gasteiger partial charge in [0.2, 0.25) is 5.91 Å². The third kappa shape index (κ3) is 4.69. The summed E-state index contributed by atoms with van der Waals surface area (Å²) in [6.07, 6.45) is 4.47. The van der Waals surface area contributed by atoms with E-state index in [2.05, 4.69) is 10.3 Å². The van der Waals surface area contributed by atoms with Gasteiger partial charge in [-0.05, 0) is 42.3 Å². The van der Waals surface area contributed by atoms with E-state index in [1.165, 1.54) is 0 Å². The minimum absolute atomic E-state index is 0.0741. The first-order valence-corrected chi connectivity index (χ1v) is 8.36. The number of aromatic nitrogens is 1. The average Bonchev–Trinajstić information content (AvgIpc) is 3.08. The maximum absolute atomic E-state index is 12.3. The van der Waals surface area contributed by atoms with Gasteiger partial charge >= 0.3 is 0 Å². The van der Waals surface area contributed by atoms with Gasteiger partial charge < -0.3 is 15.0 Å². The Balaban J connectivity index is 1.42. The Labute approximate surface area is 146 Å². The van der Waals surface area contributed by atoms with Crippen molar-refractivity contribution in [3.63, 3.8) is 0 Å². The zero-order valence-corrected chi connectivity index (χ0v) is 14.1. The Kier molecular flexibility index (Phi) is 5.67. The molecule has 1 aliphatic rings. The van der Waals surface area contributed by atoms with E-state index in [9.17, 15) is 4.79 Å². The van der Waals surface area contributed by atoms with Crippen molar-refractivity contribution in [3.8, 4) is 0 Å². The number of ether oxygens (including phenoxy) is 1. The molecular weight excluding hydrogens is 326 g/mol. The molecule has 6 heteroatoms. The molecule has 126 valence electrons. The summed E-state index contributed by atoms with van der Waals surface area (Å²) in [5, 5.41) is 3.76. The summed E-state index contributed by atoms with van der Waals surface area (Å²) >= 11 is 5.94. The average molecular weight is 346 g/mol. The van der Waals surface area contributed by atoms with Gasteiger partial charge in [-0.15, -0.1) is 0 Å². The highest BCUT2D eigenvalue weighted by Crippen LogP contribution is 2.17. The first-order chi connectivity index (χ1) is 11.7. The highest BCUT2D eigenvalue weighted by molar-refractivity contribution is 6.30. The van der Waals surface area contributed by atoms with Crippen LogP contribution in [0.2, 0.25) is 5.02 Å². The Morgan fingerprint density at radius 3 is 2.96 bits per heavy atom. The van der Waals surface area contributed by atoms with Crippen LogP contribution in [0.3, 0.4) is 0 Å². The molecular formula is C18H20ClN3O2. The van der Waals surface area contributed by atoms with Gasteiger partial charge in [-0.1, -0.05) is 17.7 Å². The molecule has 0 saturated carbocycles. The van der Waals surface area contributed by atoms with Crippen LogP contribution in [-0.4, -0.2) is 41.5 Å². The number of anilines is 1. The second-order valence-corrected chi connectivity index (χ2v) is 6.22. The summed E-state index contributed by atoms with van der Waals surface area (Å²) in [5.74, 6) is 0.0741. The molecule has 24 heavy (non-hydrogen) atoms. The summed E-state index contributed by atoms with van der Waals surface area (Å²) in [4.78, 5) is 18.1. The van der Waals surface area contributed by atoms with Gasteiger partial charge in [-0.2, -0.15) is 0 Å². The van der Waals surface area contributed by atoms with Crippen molar-refractivity contribution in [2.75, 3.05) is 25.0 Å². The second-order valence-electron chi connectivity index (χ2n) is 5.78. The molecule has 3 rings (SSSR count). The third-order valence-corrected chi connectivity index (χ3v) is 4.24. The van der Waals surface area contributed by atoms with Crippen molar-refractivity contribution in [2.45, 2.75) is 19.1 Å². The van der Waals surface area contributed by atoms with E-state index in [1.807, 2.05) is 29.2 Å². The number of hydrogen-bond acceptors (Lipinski definition) is 4. The van der Waals surface area contributed by atoms with E-state index >= 15 is 0 Å². The molecule has 2 aromatic rings. The quantitative estimate of drug-likeness (QED) is 0.874.